The van der Waals surface area contributed by atoms with Crippen LogP contribution in [-0.4, -0.2) is 15.0 Å². The maximum Gasteiger partial charge on any atom is 0.145 e. The lowest BCUT2D eigenvalue weighted by atomic mass is 10.5. The van der Waals surface area contributed by atoms with Gasteiger partial charge in [-0.25, -0.2) is 20.8 Å². The standard InChI is InChI=1S/C9H12N6S/c1-6-4-16-9(14-6)3-11-7-2-8(15-10)13-5-12-7/h2,4-5H,3,10H2,1H3,(H2,11,12,13,15). The number of hydrogen-bond donors (Lipinski definition) is 3. The van der Waals surface area contributed by atoms with Crippen molar-refractivity contribution in [1.29, 1.82) is 0 Å². The molecular formula is C9H12N6S. The number of hydrogen-bond acceptors (Lipinski definition) is 7. The molecule has 0 saturated heterocycles. The highest BCUT2D eigenvalue weighted by Gasteiger charge is 2.00. The molecule has 4 N–H and O–H groups in total. The van der Waals surface area contributed by atoms with E-state index in [9.17, 15) is 0 Å². The summed E-state index contributed by atoms with van der Waals surface area (Å²) in [5, 5.41) is 6.19. The molecule has 0 aromatic carbocycles. The summed E-state index contributed by atoms with van der Waals surface area (Å²) < 4.78 is 0. The lowest BCUT2D eigenvalue weighted by Gasteiger charge is -2.04. The topological polar surface area (TPSA) is 88.8 Å². The summed E-state index contributed by atoms with van der Waals surface area (Å²) >= 11 is 1.62. The molecule has 0 aliphatic rings. The Morgan fingerprint density at radius 3 is 2.88 bits per heavy atom. The lowest BCUT2D eigenvalue weighted by Crippen LogP contribution is -2.09. The molecule has 2 heterocycles. The van der Waals surface area contributed by atoms with Gasteiger partial charge in [0.05, 0.1) is 6.54 Å². The number of hydrazine groups is 1. The van der Waals surface area contributed by atoms with Crippen molar-refractivity contribution < 1.29 is 0 Å². The monoisotopic (exact) mass is 236 g/mol. The second-order valence-corrected chi connectivity index (χ2v) is 4.11. The molecule has 2 rings (SSSR count). The summed E-state index contributed by atoms with van der Waals surface area (Å²) in [6.45, 7) is 2.63. The average molecular weight is 236 g/mol. The van der Waals surface area contributed by atoms with E-state index in [4.69, 9.17) is 5.84 Å². The van der Waals surface area contributed by atoms with Crippen LogP contribution in [0.3, 0.4) is 0 Å². The fraction of sp³-hybridized carbons (Fsp3) is 0.222. The van der Waals surface area contributed by atoms with Crippen molar-refractivity contribution in [2.75, 3.05) is 10.7 Å². The zero-order valence-corrected chi connectivity index (χ0v) is 9.58. The molecular weight excluding hydrogens is 224 g/mol. The highest BCUT2D eigenvalue weighted by atomic mass is 32.1. The number of aryl methyl sites for hydroxylation is 1. The summed E-state index contributed by atoms with van der Waals surface area (Å²) in [6, 6.07) is 1.74. The molecule has 0 spiro atoms. The predicted molar refractivity (Wildman–Crippen MR) is 64.0 cm³/mol. The predicted octanol–water partition coefficient (Wildman–Crippen LogP) is 1.14. The van der Waals surface area contributed by atoms with Crippen molar-refractivity contribution >= 4 is 23.0 Å². The van der Waals surface area contributed by atoms with E-state index < -0.39 is 0 Å². The number of nitrogens with zero attached hydrogens (tertiary/aromatic N) is 3. The van der Waals surface area contributed by atoms with Gasteiger partial charge in [0, 0.05) is 17.1 Å². The third-order valence-corrected chi connectivity index (χ3v) is 2.87. The van der Waals surface area contributed by atoms with Crippen molar-refractivity contribution in [2.24, 2.45) is 5.84 Å². The Labute approximate surface area is 96.9 Å². The first-order chi connectivity index (χ1) is 7.78. The van der Waals surface area contributed by atoms with E-state index in [0.717, 1.165) is 16.5 Å². The van der Waals surface area contributed by atoms with Gasteiger partial charge in [-0.15, -0.1) is 11.3 Å². The van der Waals surface area contributed by atoms with Gasteiger partial charge in [0.2, 0.25) is 0 Å². The van der Waals surface area contributed by atoms with Gasteiger partial charge < -0.3 is 10.7 Å². The molecule has 0 atom stereocenters. The van der Waals surface area contributed by atoms with Gasteiger partial charge in [-0.05, 0) is 6.92 Å². The largest absolute Gasteiger partial charge is 0.363 e. The van der Waals surface area contributed by atoms with Crippen LogP contribution >= 0.6 is 11.3 Å². The van der Waals surface area contributed by atoms with E-state index >= 15 is 0 Å². The van der Waals surface area contributed by atoms with Gasteiger partial charge in [-0.1, -0.05) is 0 Å². The van der Waals surface area contributed by atoms with Crippen molar-refractivity contribution in [3.05, 3.63) is 28.5 Å². The van der Waals surface area contributed by atoms with Gasteiger partial charge >= 0.3 is 0 Å². The fourth-order valence-corrected chi connectivity index (χ4v) is 1.89. The van der Waals surface area contributed by atoms with E-state index in [1.807, 2.05) is 12.3 Å². The Hall–Kier alpha value is -1.73. The van der Waals surface area contributed by atoms with Crippen LogP contribution in [0, 0.1) is 6.92 Å². The van der Waals surface area contributed by atoms with E-state index in [2.05, 4.69) is 25.7 Å². The number of nitrogens with two attached hydrogens (primary N) is 1. The van der Waals surface area contributed by atoms with Crippen LogP contribution in [0.5, 0.6) is 0 Å². The molecule has 6 nitrogen and oxygen atoms in total. The number of aromatic nitrogens is 3. The third kappa shape index (κ3) is 2.65. The van der Waals surface area contributed by atoms with Crippen LogP contribution in [0.2, 0.25) is 0 Å². The van der Waals surface area contributed by atoms with Gasteiger partial charge in [-0.2, -0.15) is 0 Å². The molecule has 84 valence electrons. The Morgan fingerprint density at radius 2 is 2.19 bits per heavy atom. The molecule has 0 radical (unpaired) electrons. The van der Waals surface area contributed by atoms with Crippen LogP contribution in [-0.2, 0) is 6.54 Å². The highest BCUT2D eigenvalue weighted by Crippen LogP contribution is 2.12. The Kier molecular flexibility index (Phi) is 3.28. The van der Waals surface area contributed by atoms with Gasteiger partial charge in [0.15, 0.2) is 0 Å². The molecule has 2 aromatic heterocycles. The Balaban J connectivity index is 1.99. The van der Waals surface area contributed by atoms with Gasteiger partial charge in [0.1, 0.15) is 23.0 Å². The summed E-state index contributed by atoms with van der Waals surface area (Å²) in [5.41, 5.74) is 3.50. The van der Waals surface area contributed by atoms with E-state index in [0.29, 0.717) is 12.4 Å². The molecule has 0 aliphatic heterocycles. The molecule has 0 saturated carbocycles. The van der Waals surface area contributed by atoms with Crippen LogP contribution < -0.4 is 16.6 Å². The van der Waals surface area contributed by atoms with E-state index in [1.165, 1.54) is 6.33 Å². The smallest absolute Gasteiger partial charge is 0.145 e. The van der Waals surface area contributed by atoms with Crippen molar-refractivity contribution in [3.63, 3.8) is 0 Å². The SMILES string of the molecule is Cc1csc(CNc2cc(NN)ncn2)n1. The van der Waals surface area contributed by atoms with Gasteiger partial charge in [0.25, 0.3) is 0 Å². The molecule has 0 bridgehead atoms. The number of nitrogen functional groups attached to an aromatic ring is 1. The Bertz CT molecular complexity index is 469. The third-order valence-electron chi connectivity index (χ3n) is 1.90. The molecule has 16 heavy (non-hydrogen) atoms. The first kappa shape index (κ1) is 10.8. The normalized spacial score (nSPS) is 10.1. The molecule has 0 fully saturated rings. The molecule has 0 amide bonds. The zero-order chi connectivity index (χ0) is 11.4. The summed E-state index contributed by atoms with van der Waals surface area (Å²) in [4.78, 5) is 12.3. The summed E-state index contributed by atoms with van der Waals surface area (Å²) in [5.74, 6) is 6.55. The van der Waals surface area contributed by atoms with Gasteiger partial charge in [-0.3, -0.25) is 0 Å². The minimum Gasteiger partial charge on any atom is -0.363 e. The maximum absolute atomic E-state index is 5.25. The number of anilines is 2. The lowest BCUT2D eigenvalue weighted by molar-refractivity contribution is 1.04. The maximum atomic E-state index is 5.25. The fourth-order valence-electron chi connectivity index (χ4n) is 1.18. The minimum absolute atomic E-state index is 0.577. The van der Waals surface area contributed by atoms with Crippen LogP contribution in [0.25, 0.3) is 0 Å². The molecule has 0 aliphatic carbocycles. The summed E-state index contributed by atoms with van der Waals surface area (Å²) in [6.07, 6.45) is 1.45. The molecule has 0 unspecified atom stereocenters. The van der Waals surface area contributed by atoms with Crippen LogP contribution in [0.15, 0.2) is 17.8 Å². The first-order valence-corrected chi connectivity index (χ1v) is 5.59. The number of rotatable bonds is 4. The van der Waals surface area contributed by atoms with Crippen molar-refractivity contribution in [1.82, 2.24) is 15.0 Å². The Morgan fingerprint density at radius 1 is 1.38 bits per heavy atom. The first-order valence-electron chi connectivity index (χ1n) is 4.71. The van der Waals surface area contributed by atoms with Crippen molar-refractivity contribution in [2.45, 2.75) is 13.5 Å². The van der Waals surface area contributed by atoms with Crippen LogP contribution in [0.1, 0.15) is 10.7 Å². The molecule has 2 aromatic rings. The average Bonchev–Trinajstić information content (AvgIpc) is 2.73. The van der Waals surface area contributed by atoms with Crippen LogP contribution in [0.4, 0.5) is 11.6 Å². The van der Waals surface area contributed by atoms with Crippen molar-refractivity contribution in [3.8, 4) is 0 Å². The number of nitrogens with one attached hydrogen (secondary N) is 2. The summed E-state index contributed by atoms with van der Waals surface area (Å²) in [7, 11) is 0. The van der Waals surface area contributed by atoms with E-state index in [1.54, 1.807) is 17.4 Å². The zero-order valence-electron chi connectivity index (χ0n) is 8.77. The number of thiazole rings is 1. The second-order valence-electron chi connectivity index (χ2n) is 3.17. The molecule has 7 heteroatoms. The minimum atomic E-state index is 0.577. The van der Waals surface area contributed by atoms with E-state index in [-0.39, 0.29) is 0 Å². The highest BCUT2D eigenvalue weighted by molar-refractivity contribution is 7.09. The second kappa shape index (κ2) is 4.86. The quantitative estimate of drug-likeness (QED) is 0.545.